The fraction of sp³-hybridized carbons (Fsp3) is 0.727. The van der Waals surface area contributed by atoms with Crippen LogP contribution in [0.3, 0.4) is 0 Å². The van der Waals surface area contributed by atoms with E-state index in [0.29, 0.717) is 0 Å². The van der Waals surface area contributed by atoms with Crippen molar-refractivity contribution >= 4 is 0 Å². The van der Waals surface area contributed by atoms with E-state index in [1.165, 1.54) is 32.4 Å². The van der Waals surface area contributed by atoms with Crippen LogP contribution in [0.2, 0.25) is 0 Å². The summed E-state index contributed by atoms with van der Waals surface area (Å²) in [7, 11) is 0. The van der Waals surface area contributed by atoms with Gasteiger partial charge in [0.2, 0.25) is 0 Å². The number of aromatic nitrogens is 1. The molecule has 1 saturated heterocycles. The van der Waals surface area contributed by atoms with Crippen LogP contribution in [0.25, 0.3) is 0 Å². The molecule has 0 spiro atoms. The third-order valence-corrected chi connectivity index (χ3v) is 2.82. The molecule has 0 aromatic carbocycles. The molecule has 78 valence electrons. The van der Waals surface area contributed by atoms with Crippen molar-refractivity contribution in [3.63, 3.8) is 0 Å². The molecular formula is C11H18N2O. The van der Waals surface area contributed by atoms with Crippen molar-refractivity contribution < 1.29 is 4.42 Å². The van der Waals surface area contributed by atoms with Gasteiger partial charge in [0.1, 0.15) is 5.76 Å². The summed E-state index contributed by atoms with van der Waals surface area (Å²) in [5.74, 6) is 1.83. The Morgan fingerprint density at radius 1 is 1.21 bits per heavy atom. The highest BCUT2D eigenvalue weighted by Crippen LogP contribution is 2.16. The second-order valence-electron chi connectivity index (χ2n) is 4.08. The molecule has 0 saturated carbocycles. The zero-order chi connectivity index (χ0) is 9.97. The van der Waals surface area contributed by atoms with Crippen LogP contribution in [-0.2, 0) is 6.54 Å². The number of piperidine rings is 1. The quantitative estimate of drug-likeness (QED) is 0.723. The van der Waals surface area contributed by atoms with Crippen molar-refractivity contribution in [3.05, 3.63) is 17.3 Å². The molecule has 1 aliphatic heterocycles. The molecule has 0 unspecified atom stereocenters. The van der Waals surface area contributed by atoms with Crippen LogP contribution in [0.1, 0.15) is 36.6 Å². The van der Waals surface area contributed by atoms with Gasteiger partial charge in [-0.2, -0.15) is 0 Å². The highest BCUT2D eigenvalue weighted by atomic mass is 16.4. The lowest BCUT2D eigenvalue weighted by atomic mass is 10.1. The first-order valence-electron chi connectivity index (χ1n) is 5.41. The van der Waals surface area contributed by atoms with Gasteiger partial charge in [0.25, 0.3) is 0 Å². The molecule has 0 amide bonds. The number of rotatable bonds is 2. The van der Waals surface area contributed by atoms with Gasteiger partial charge in [-0.1, -0.05) is 6.42 Å². The third kappa shape index (κ3) is 2.15. The van der Waals surface area contributed by atoms with Crippen LogP contribution in [-0.4, -0.2) is 23.0 Å². The summed E-state index contributed by atoms with van der Waals surface area (Å²) >= 11 is 0. The average molecular weight is 194 g/mol. The first-order chi connectivity index (χ1) is 6.75. The smallest absolute Gasteiger partial charge is 0.191 e. The zero-order valence-corrected chi connectivity index (χ0v) is 9.05. The first-order valence-corrected chi connectivity index (χ1v) is 5.41. The number of likely N-dealkylation sites (tertiary alicyclic amines) is 1. The second kappa shape index (κ2) is 4.13. The molecule has 1 fully saturated rings. The van der Waals surface area contributed by atoms with E-state index in [4.69, 9.17) is 4.42 Å². The van der Waals surface area contributed by atoms with Crippen LogP contribution in [0.5, 0.6) is 0 Å². The maximum absolute atomic E-state index is 5.56. The molecule has 1 aromatic rings. The van der Waals surface area contributed by atoms with E-state index in [9.17, 15) is 0 Å². The van der Waals surface area contributed by atoms with Crippen molar-refractivity contribution in [3.8, 4) is 0 Å². The maximum atomic E-state index is 5.56. The average Bonchev–Trinajstić information content (AvgIpc) is 2.47. The minimum atomic E-state index is 0.787. The summed E-state index contributed by atoms with van der Waals surface area (Å²) in [6, 6.07) is 0. The molecule has 0 atom stereocenters. The van der Waals surface area contributed by atoms with E-state index in [-0.39, 0.29) is 0 Å². The van der Waals surface area contributed by atoms with E-state index in [0.717, 1.165) is 23.9 Å². The molecule has 3 heteroatoms. The molecule has 0 N–H and O–H groups in total. The van der Waals surface area contributed by atoms with Crippen molar-refractivity contribution in [2.24, 2.45) is 0 Å². The van der Waals surface area contributed by atoms with Gasteiger partial charge in [-0.3, -0.25) is 4.90 Å². The number of aryl methyl sites for hydroxylation is 2. The summed E-state index contributed by atoms with van der Waals surface area (Å²) in [6.45, 7) is 7.29. The Labute approximate surface area is 85.1 Å². The summed E-state index contributed by atoms with van der Waals surface area (Å²) in [6.07, 6.45) is 4.03. The lowest BCUT2D eigenvalue weighted by Crippen LogP contribution is -2.29. The molecule has 3 nitrogen and oxygen atoms in total. The molecule has 14 heavy (non-hydrogen) atoms. The van der Waals surface area contributed by atoms with Gasteiger partial charge in [-0.25, -0.2) is 4.98 Å². The van der Waals surface area contributed by atoms with Gasteiger partial charge in [0.15, 0.2) is 5.89 Å². The van der Waals surface area contributed by atoms with Gasteiger partial charge in [0.05, 0.1) is 12.2 Å². The normalized spacial score (nSPS) is 18.7. The minimum Gasteiger partial charge on any atom is -0.444 e. The van der Waals surface area contributed by atoms with Crippen molar-refractivity contribution in [1.29, 1.82) is 0 Å². The number of hydrogen-bond acceptors (Lipinski definition) is 3. The third-order valence-electron chi connectivity index (χ3n) is 2.82. The lowest BCUT2D eigenvalue weighted by molar-refractivity contribution is 0.203. The number of nitrogens with zero attached hydrogens (tertiary/aromatic N) is 2. The summed E-state index contributed by atoms with van der Waals surface area (Å²) in [5, 5.41) is 0. The number of oxazole rings is 1. The standard InChI is InChI=1S/C11H18N2O/c1-9-11(14-10(2)12-9)8-13-6-4-3-5-7-13/h3-8H2,1-2H3. The summed E-state index contributed by atoms with van der Waals surface area (Å²) in [4.78, 5) is 6.74. The Balaban J connectivity index is 1.98. The Hall–Kier alpha value is -0.830. The van der Waals surface area contributed by atoms with E-state index in [1.54, 1.807) is 0 Å². The van der Waals surface area contributed by atoms with Gasteiger partial charge < -0.3 is 4.42 Å². The van der Waals surface area contributed by atoms with Gasteiger partial charge in [-0.15, -0.1) is 0 Å². The largest absolute Gasteiger partial charge is 0.444 e. The zero-order valence-electron chi connectivity index (χ0n) is 9.05. The topological polar surface area (TPSA) is 29.3 Å². The first kappa shape index (κ1) is 9.71. The summed E-state index contributed by atoms with van der Waals surface area (Å²) < 4.78 is 5.56. The van der Waals surface area contributed by atoms with Gasteiger partial charge in [-0.05, 0) is 32.9 Å². The Bertz CT molecular complexity index is 300. The molecule has 0 aliphatic carbocycles. The van der Waals surface area contributed by atoms with Crippen LogP contribution in [0.15, 0.2) is 4.42 Å². The summed E-state index contributed by atoms with van der Waals surface area (Å²) in [5.41, 5.74) is 1.05. The second-order valence-corrected chi connectivity index (χ2v) is 4.08. The predicted molar refractivity (Wildman–Crippen MR) is 55.1 cm³/mol. The highest BCUT2D eigenvalue weighted by molar-refractivity contribution is 5.07. The van der Waals surface area contributed by atoms with Crippen molar-refractivity contribution in [2.75, 3.05) is 13.1 Å². The van der Waals surface area contributed by atoms with Crippen molar-refractivity contribution in [1.82, 2.24) is 9.88 Å². The monoisotopic (exact) mass is 194 g/mol. The Kier molecular flexibility index (Phi) is 2.87. The lowest BCUT2D eigenvalue weighted by Gasteiger charge is -2.25. The molecule has 1 aromatic heterocycles. The van der Waals surface area contributed by atoms with Crippen LogP contribution in [0, 0.1) is 13.8 Å². The fourth-order valence-electron chi connectivity index (χ4n) is 2.04. The molecular weight excluding hydrogens is 176 g/mol. The van der Waals surface area contributed by atoms with E-state index in [1.807, 2.05) is 13.8 Å². The van der Waals surface area contributed by atoms with E-state index >= 15 is 0 Å². The predicted octanol–water partition coefficient (Wildman–Crippen LogP) is 2.28. The van der Waals surface area contributed by atoms with Crippen LogP contribution in [0.4, 0.5) is 0 Å². The van der Waals surface area contributed by atoms with E-state index in [2.05, 4.69) is 9.88 Å². The van der Waals surface area contributed by atoms with Gasteiger partial charge in [0, 0.05) is 6.92 Å². The van der Waals surface area contributed by atoms with Crippen molar-refractivity contribution in [2.45, 2.75) is 39.7 Å². The molecule has 2 heterocycles. The molecule has 0 bridgehead atoms. The molecule has 2 rings (SSSR count). The van der Waals surface area contributed by atoms with Crippen LogP contribution >= 0.6 is 0 Å². The molecule has 0 radical (unpaired) electrons. The van der Waals surface area contributed by atoms with E-state index < -0.39 is 0 Å². The van der Waals surface area contributed by atoms with Gasteiger partial charge >= 0.3 is 0 Å². The minimum absolute atomic E-state index is 0.787. The Morgan fingerprint density at radius 2 is 1.93 bits per heavy atom. The fourth-order valence-corrected chi connectivity index (χ4v) is 2.04. The maximum Gasteiger partial charge on any atom is 0.191 e. The Morgan fingerprint density at radius 3 is 2.50 bits per heavy atom. The van der Waals surface area contributed by atoms with Crippen LogP contribution < -0.4 is 0 Å². The molecule has 1 aliphatic rings. The number of hydrogen-bond donors (Lipinski definition) is 0. The SMILES string of the molecule is Cc1nc(C)c(CN2CCCCC2)o1. The highest BCUT2D eigenvalue weighted by Gasteiger charge is 2.14.